The lowest BCUT2D eigenvalue weighted by Gasteiger charge is -2.19. The van der Waals surface area contributed by atoms with Crippen LogP contribution in [0.1, 0.15) is 12.5 Å². The Morgan fingerprint density at radius 2 is 1.83 bits per heavy atom. The van der Waals surface area contributed by atoms with Gasteiger partial charge in [-0.2, -0.15) is 13.2 Å². The monoisotopic (exact) mass is 334 g/mol. The molecule has 8 heteroatoms. The number of rotatable bonds is 7. The van der Waals surface area contributed by atoms with Gasteiger partial charge in [0.15, 0.2) is 5.96 Å². The molecule has 0 saturated heterocycles. The second-order valence-corrected chi connectivity index (χ2v) is 5.10. The summed E-state index contributed by atoms with van der Waals surface area (Å²) in [4.78, 5) is 5.51. The fraction of sp³-hybridized carbons (Fsp3) is 0.533. The average molecular weight is 334 g/mol. The number of hydrogen-bond donors (Lipinski definition) is 2. The van der Waals surface area contributed by atoms with Gasteiger partial charge in [-0.3, -0.25) is 4.90 Å². The molecule has 1 aromatic rings. The maximum absolute atomic E-state index is 12.8. The van der Waals surface area contributed by atoms with Crippen molar-refractivity contribution in [2.75, 3.05) is 33.2 Å². The van der Waals surface area contributed by atoms with Gasteiger partial charge in [0.05, 0.1) is 13.1 Å². The Hall–Kier alpha value is -1.83. The van der Waals surface area contributed by atoms with E-state index in [2.05, 4.69) is 15.6 Å². The van der Waals surface area contributed by atoms with Crippen molar-refractivity contribution in [1.82, 2.24) is 15.5 Å². The fourth-order valence-corrected chi connectivity index (χ4v) is 1.85. The van der Waals surface area contributed by atoms with E-state index in [1.54, 1.807) is 12.1 Å². The molecule has 0 saturated carbocycles. The smallest absolute Gasteiger partial charge is 0.357 e. The van der Waals surface area contributed by atoms with Crippen molar-refractivity contribution in [3.8, 4) is 0 Å². The van der Waals surface area contributed by atoms with Crippen LogP contribution in [-0.4, -0.2) is 50.3 Å². The van der Waals surface area contributed by atoms with Crippen LogP contribution in [-0.2, 0) is 6.54 Å². The van der Waals surface area contributed by atoms with E-state index in [1.165, 1.54) is 24.1 Å². The van der Waals surface area contributed by atoms with E-state index in [4.69, 9.17) is 0 Å². The van der Waals surface area contributed by atoms with E-state index in [-0.39, 0.29) is 12.4 Å². The van der Waals surface area contributed by atoms with Gasteiger partial charge in [0, 0.05) is 19.6 Å². The number of likely N-dealkylation sites (N-methyl/N-ethyl adjacent to an activating group) is 1. The SMILES string of the molecule is CCNC(=NCc1ccc(F)cc1)NCCN(C)CC(F)(F)F. The summed E-state index contributed by atoms with van der Waals surface area (Å²) >= 11 is 0. The van der Waals surface area contributed by atoms with Crippen molar-refractivity contribution in [2.45, 2.75) is 19.6 Å². The molecule has 0 heterocycles. The third-order valence-corrected chi connectivity index (χ3v) is 2.91. The first-order valence-electron chi connectivity index (χ1n) is 7.32. The van der Waals surface area contributed by atoms with Gasteiger partial charge >= 0.3 is 6.18 Å². The molecule has 0 radical (unpaired) electrons. The van der Waals surface area contributed by atoms with Crippen LogP contribution in [0.4, 0.5) is 17.6 Å². The summed E-state index contributed by atoms with van der Waals surface area (Å²) in [6.07, 6.45) is -4.20. The van der Waals surface area contributed by atoms with Crippen molar-refractivity contribution in [3.05, 3.63) is 35.6 Å². The van der Waals surface area contributed by atoms with E-state index in [0.717, 1.165) is 5.56 Å². The Labute approximate surface area is 133 Å². The molecule has 0 fully saturated rings. The Morgan fingerprint density at radius 3 is 2.39 bits per heavy atom. The highest BCUT2D eigenvalue weighted by Gasteiger charge is 2.28. The number of benzene rings is 1. The molecule has 0 aromatic heterocycles. The van der Waals surface area contributed by atoms with Crippen molar-refractivity contribution in [1.29, 1.82) is 0 Å². The molecule has 0 spiro atoms. The molecule has 0 aliphatic rings. The maximum Gasteiger partial charge on any atom is 0.401 e. The summed E-state index contributed by atoms with van der Waals surface area (Å²) in [5.41, 5.74) is 0.845. The molecule has 1 aromatic carbocycles. The number of nitrogens with one attached hydrogen (secondary N) is 2. The maximum atomic E-state index is 12.8. The fourth-order valence-electron chi connectivity index (χ4n) is 1.85. The van der Waals surface area contributed by atoms with Crippen LogP contribution in [0.25, 0.3) is 0 Å². The summed E-state index contributed by atoms with van der Waals surface area (Å²) in [5.74, 6) is 0.202. The number of nitrogens with zero attached hydrogens (tertiary/aromatic N) is 2. The summed E-state index contributed by atoms with van der Waals surface area (Å²) in [7, 11) is 1.41. The van der Waals surface area contributed by atoms with E-state index < -0.39 is 12.7 Å². The average Bonchev–Trinajstić information content (AvgIpc) is 2.44. The van der Waals surface area contributed by atoms with E-state index in [9.17, 15) is 17.6 Å². The van der Waals surface area contributed by atoms with Crippen molar-refractivity contribution in [2.24, 2.45) is 4.99 Å². The number of guanidine groups is 1. The van der Waals surface area contributed by atoms with Gasteiger partial charge < -0.3 is 10.6 Å². The van der Waals surface area contributed by atoms with Gasteiger partial charge in [0.25, 0.3) is 0 Å². The zero-order valence-electron chi connectivity index (χ0n) is 13.3. The van der Waals surface area contributed by atoms with Crippen LogP contribution in [0.15, 0.2) is 29.3 Å². The Morgan fingerprint density at radius 1 is 1.17 bits per heavy atom. The predicted molar refractivity (Wildman–Crippen MR) is 82.8 cm³/mol. The lowest BCUT2D eigenvalue weighted by Crippen LogP contribution is -2.42. The Balaban J connectivity index is 2.44. The molecule has 2 N–H and O–H groups in total. The molecule has 4 nitrogen and oxygen atoms in total. The summed E-state index contributed by atoms with van der Waals surface area (Å²) in [6.45, 7) is 2.51. The summed E-state index contributed by atoms with van der Waals surface area (Å²) in [5, 5.41) is 5.99. The molecule has 23 heavy (non-hydrogen) atoms. The molecular formula is C15H22F4N4. The lowest BCUT2D eigenvalue weighted by atomic mass is 10.2. The number of hydrogen-bond acceptors (Lipinski definition) is 2. The minimum atomic E-state index is -4.20. The van der Waals surface area contributed by atoms with Gasteiger partial charge in [0.2, 0.25) is 0 Å². The largest absolute Gasteiger partial charge is 0.401 e. The van der Waals surface area contributed by atoms with E-state index in [1.807, 2.05) is 6.92 Å². The first-order valence-corrected chi connectivity index (χ1v) is 7.32. The Kier molecular flexibility index (Phi) is 7.80. The van der Waals surface area contributed by atoms with Crippen LogP contribution in [0.5, 0.6) is 0 Å². The lowest BCUT2D eigenvalue weighted by molar-refractivity contribution is -0.142. The van der Waals surface area contributed by atoms with Crippen LogP contribution in [0.3, 0.4) is 0 Å². The van der Waals surface area contributed by atoms with Crippen LogP contribution in [0.2, 0.25) is 0 Å². The molecular weight excluding hydrogens is 312 g/mol. The highest BCUT2D eigenvalue weighted by molar-refractivity contribution is 5.79. The first-order chi connectivity index (χ1) is 10.8. The zero-order chi connectivity index (χ0) is 17.3. The first kappa shape index (κ1) is 19.2. The highest BCUT2D eigenvalue weighted by atomic mass is 19.4. The standard InChI is InChI=1S/C15H22F4N4/c1-3-20-14(21-8-9-23(2)11-15(17,18)19)22-10-12-4-6-13(16)7-5-12/h4-7H,3,8-11H2,1-2H3,(H2,20,21,22). The number of halogens is 4. The van der Waals surface area contributed by atoms with Gasteiger partial charge in [-0.05, 0) is 31.7 Å². The number of alkyl halides is 3. The van der Waals surface area contributed by atoms with Crippen LogP contribution >= 0.6 is 0 Å². The molecule has 0 aliphatic heterocycles. The second kappa shape index (κ2) is 9.34. The van der Waals surface area contributed by atoms with Crippen LogP contribution < -0.4 is 10.6 Å². The van der Waals surface area contributed by atoms with Crippen molar-refractivity contribution in [3.63, 3.8) is 0 Å². The molecule has 130 valence electrons. The third-order valence-electron chi connectivity index (χ3n) is 2.91. The Bertz CT molecular complexity index is 485. The normalized spacial score (nSPS) is 12.6. The topological polar surface area (TPSA) is 39.7 Å². The van der Waals surface area contributed by atoms with Gasteiger partial charge in [-0.25, -0.2) is 9.38 Å². The number of aliphatic imine (C=N–C) groups is 1. The third kappa shape index (κ3) is 9.02. The quantitative estimate of drug-likeness (QED) is 0.457. The molecule has 0 bridgehead atoms. The minimum Gasteiger partial charge on any atom is -0.357 e. The van der Waals surface area contributed by atoms with Gasteiger partial charge in [0.1, 0.15) is 5.82 Å². The molecule has 1 rings (SSSR count). The van der Waals surface area contributed by atoms with Gasteiger partial charge in [-0.1, -0.05) is 12.1 Å². The predicted octanol–water partition coefficient (Wildman–Crippen LogP) is 2.37. The molecule has 0 amide bonds. The van der Waals surface area contributed by atoms with E-state index >= 15 is 0 Å². The van der Waals surface area contributed by atoms with Crippen LogP contribution in [0, 0.1) is 5.82 Å². The van der Waals surface area contributed by atoms with Gasteiger partial charge in [-0.15, -0.1) is 0 Å². The summed E-state index contributed by atoms with van der Waals surface area (Å²) < 4.78 is 49.5. The second-order valence-electron chi connectivity index (χ2n) is 5.10. The molecule has 0 aliphatic carbocycles. The highest BCUT2D eigenvalue weighted by Crippen LogP contribution is 2.14. The molecule has 0 atom stereocenters. The van der Waals surface area contributed by atoms with E-state index in [0.29, 0.717) is 25.6 Å². The summed E-state index contributed by atoms with van der Waals surface area (Å²) in [6, 6.07) is 5.99. The van der Waals surface area contributed by atoms with Crippen molar-refractivity contribution >= 4 is 5.96 Å². The minimum absolute atomic E-state index is 0.237. The zero-order valence-corrected chi connectivity index (χ0v) is 13.3. The molecule has 0 unspecified atom stereocenters. The van der Waals surface area contributed by atoms with Crippen molar-refractivity contribution < 1.29 is 17.6 Å².